The molecule has 3 rings (SSSR count). The molecule has 1 amide bonds. The zero-order valence-corrected chi connectivity index (χ0v) is 19.3. The molecule has 9 nitrogen and oxygen atoms in total. The highest BCUT2D eigenvalue weighted by Crippen LogP contribution is 2.39. The van der Waals surface area contributed by atoms with Crippen LogP contribution >= 0.6 is 0 Å². The highest BCUT2D eigenvalue weighted by atomic mass is 16.7. The molecule has 178 valence electrons. The van der Waals surface area contributed by atoms with E-state index >= 15 is 0 Å². The van der Waals surface area contributed by atoms with Crippen molar-refractivity contribution in [3.05, 3.63) is 41.5 Å². The molecule has 2 aromatic rings. The minimum absolute atomic E-state index is 0.180. The minimum Gasteiger partial charge on any atom is -0.490 e. The molecule has 0 spiro atoms. The van der Waals surface area contributed by atoms with Gasteiger partial charge in [-0.25, -0.2) is 4.79 Å². The number of amides is 1. The van der Waals surface area contributed by atoms with Crippen LogP contribution in [0.4, 0.5) is 0 Å². The van der Waals surface area contributed by atoms with Gasteiger partial charge in [-0.05, 0) is 57.5 Å². The van der Waals surface area contributed by atoms with Gasteiger partial charge < -0.3 is 33.7 Å². The predicted molar refractivity (Wildman–Crippen MR) is 119 cm³/mol. The lowest BCUT2D eigenvalue weighted by molar-refractivity contribution is -0.129. The first kappa shape index (κ1) is 24.0. The zero-order chi connectivity index (χ0) is 23.8. The van der Waals surface area contributed by atoms with Gasteiger partial charge in [0.15, 0.2) is 29.1 Å². The number of carbonyl (C=O) groups excluding carboxylic acids is 2. The first-order chi connectivity index (χ1) is 16.0. The molecule has 0 saturated heterocycles. The summed E-state index contributed by atoms with van der Waals surface area (Å²) in [5.74, 6) is 1.36. The van der Waals surface area contributed by atoms with Crippen LogP contribution in [-0.2, 0) is 16.1 Å². The molecule has 1 atom stereocenters. The number of carbonyl (C=O) groups is 2. The number of ether oxygens (including phenoxy) is 6. The summed E-state index contributed by atoms with van der Waals surface area (Å²) in [6, 6.07) is 8.46. The van der Waals surface area contributed by atoms with E-state index in [2.05, 4.69) is 5.32 Å². The topological polar surface area (TPSA) is 102 Å². The van der Waals surface area contributed by atoms with Gasteiger partial charge in [0.1, 0.15) is 0 Å². The molecule has 9 heteroatoms. The SMILES string of the molecule is CCOc1cc(C(=O)OC(C)C(=O)NCc2ccc3c(c2)OCO3)cc(OCC)c1OCC. The number of hydrogen-bond donors (Lipinski definition) is 1. The monoisotopic (exact) mass is 459 g/mol. The summed E-state index contributed by atoms with van der Waals surface area (Å²) < 4.78 is 32.9. The highest BCUT2D eigenvalue weighted by molar-refractivity contribution is 5.93. The first-order valence-electron chi connectivity index (χ1n) is 10.9. The Kier molecular flexibility index (Phi) is 8.23. The van der Waals surface area contributed by atoms with Crippen molar-refractivity contribution in [1.29, 1.82) is 0 Å². The van der Waals surface area contributed by atoms with Crippen molar-refractivity contribution in [3.8, 4) is 28.7 Å². The normalized spacial score (nSPS) is 12.6. The van der Waals surface area contributed by atoms with Crippen molar-refractivity contribution < 1.29 is 38.0 Å². The fourth-order valence-corrected chi connectivity index (χ4v) is 3.17. The van der Waals surface area contributed by atoms with E-state index in [1.807, 2.05) is 26.8 Å². The molecule has 1 unspecified atom stereocenters. The number of fused-ring (bicyclic) bond motifs is 1. The van der Waals surface area contributed by atoms with E-state index in [0.29, 0.717) is 48.6 Å². The van der Waals surface area contributed by atoms with Crippen molar-refractivity contribution in [2.24, 2.45) is 0 Å². The van der Waals surface area contributed by atoms with Crippen molar-refractivity contribution in [3.63, 3.8) is 0 Å². The quantitative estimate of drug-likeness (QED) is 0.510. The molecule has 0 fully saturated rings. The van der Waals surface area contributed by atoms with Crippen LogP contribution in [0.25, 0.3) is 0 Å². The summed E-state index contributed by atoms with van der Waals surface area (Å²) in [7, 11) is 0. The van der Waals surface area contributed by atoms with Crippen LogP contribution in [0.15, 0.2) is 30.3 Å². The van der Waals surface area contributed by atoms with E-state index in [4.69, 9.17) is 28.4 Å². The Bertz CT molecular complexity index is 963. The maximum atomic E-state index is 12.8. The van der Waals surface area contributed by atoms with E-state index in [-0.39, 0.29) is 18.9 Å². The molecule has 1 N–H and O–H groups in total. The van der Waals surface area contributed by atoms with E-state index in [1.165, 1.54) is 19.1 Å². The van der Waals surface area contributed by atoms with Crippen LogP contribution in [0, 0.1) is 0 Å². The maximum absolute atomic E-state index is 12.8. The van der Waals surface area contributed by atoms with E-state index < -0.39 is 18.0 Å². The molecule has 1 aliphatic heterocycles. The van der Waals surface area contributed by atoms with Gasteiger partial charge in [-0.1, -0.05) is 6.07 Å². The average Bonchev–Trinajstić information content (AvgIpc) is 3.27. The fraction of sp³-hybridized carbons (Fsp3) is 0.417. The Morgan fingerprint density at radius 1 is 0.939 bits per heavy atom. The predicted octanol–water partition coefficient (Wildman–Crippen LogP) is 3.47. The summed E-state index contributed by atoms with van der Waals surface area (Å²) in [4.78, 5) is 25.2. The smallest absolute Gasteiger partial charge is 0.339 e. The third kappa shape index (κ3) is 6.00. The zero-order valence-electron chi connectivity index (χ0n) is 19.3. The summed E-state index contributed by atoms with van der Waals surface area (Å²) in [6.07, 6.45) is -1.01. The standard InChI is InChI=1S/C24H29NO8/c1-5-28-20-11-17(12-21(29-6-2)22(20)30-7-3)24(27)33-15(4)23(26)25-13-16-8-9-18-19(10-16)32-14-31-18/h8-12,15H,5-7,13-14H2,1-4H3,(H,25,26). The molecule has 2 aromatic carbocycles. The lowest BCUT2D eigenvalue weighted by Crippen LogP contribution is -2.35. The van der Waals surface area contributed by atoms with E-state index in [9.17, 15) is 9.59 Å². The Morgan fingerprint density at radius 3 is 2.21 bits per heavy atom. The van der Waals surface area contributed by atoms with Crippen molar-refractivity contribution in [1.82, 2.24) is 5.32 Å². The van der Waals surface area contributed by atoms with Crippen LogP contribution < -0.4 is 29.0 Å². The Labute approximate surface area is 192 Å². The molecular weight excluding hydrogens is 430 g/mol. The Balaban J connectivity index is 1.65. The number of esters is 1. The van der Waals surface area contributed by atoms with Crippen LogP contribution in [0.1, 0.15) is 43.6 Å². The molecule has 1 aliphatic rings. The van der Waals surface area contributed by atoms with Gasteiger partial charge in [0.05, 0.1) is 25.4 Å². The second-order valence-corrected chi connectivity index (χ2v) is 7.05. The number of hydrogen-bond acceptors (Lipinski definition) is 8. The molecule has 33 heavy (non-hydrogen) atoms. The Morgan fingerprint density at radius 2 is 1.58 bits per heavy atom. The van der Waals surface area contributed by atoms with Gasteiger partial charge >= 0.3 is 5.97 Å². The van der Waals surface area contributed by atoms with Crippen LogP contribution in [0.3, 0.4) is 0 Å². The van der Waals surface area contributed by atoms with E-state index in [0.717, 1.165) is 5.56 Å². The number of nitrogens with one attached hydrogen (secondary N) is 1. The second kappa shape index (κ2) is 11.3. The van der Waals surface area contributed by atoms with Gasteiger partial charge in [0.25, 0.3) is 5.91 Å². The highest BCUT2D eigenvalue weighted by Gasteiger charge is 2.23. The molecule has 0 bridgehead atoms. The van der Waals surface area contributed by atoms with Gasteiger partial charge in [0.2, 0.25) is 12.5 Å². The van der Waals surface area contributed by atoms with Crippen LogP contribution in [0.5, 0.6) is 28.7 Å². The first-order valence-corrected chi connectivity index (χ1v) is 10.9. The van der Waals surface area contributed by atoms with Gasteiger partial charge in [-0.15, -0.1) is 0 Å². The molecular formula is C24H29NO8. The lowest BCUT2D eigenvalue weighted by Gasteiger charge is -2.18. The molecule has 0 aliphatic carbocycles. The number of rotatable bonds is 11. The number of benzene rings is 2. The summed E-state index contributed by atoms with van der Waals surface area (Å²) in [6.45, 7) is 8.60. The second-order valence-electron chi connectivity index (χ2n) is 7.05. The molecule has 0 aromatic heterocycles. The average molecular weight is 459 g/mol. The van der Waals surface area contributed by atoms with Crippen LogP contribution in [-0.4, -0.2) is 44.6 Å². The molecule has 0 saturated carbocycles. The minimum atomic E-state index is -1.01. The van der Waals surface area contributed by atoms with E-state index in [1.54, 1.807) is 12.1 Å². The molecule has 1 heterocycles. The third-order valence-electron chi connectivity index (χ3n) is 4.70. The van der Waals surface area contributed by atoms with Gasteiger partial charge in [-0.3, -0.25) is 4.79 Å². The Hall–Kier alpha value is -3.62. The summed E-state index contributed by atoms with van der Waals surface area (Å²) in [5.41, 5.74) is 1.03. The van der Waals surface area contributed by atoms with Crippen molar-refractivity contribution in [2.75, 3.05) is 26.6 Å². The largest absolute Gasteiger partial charge is 0.490 e. The molecule has 0 radical (unpaired) electrons. The van der Waals surface area contributed by atoms with Crippen molar-refractivity contribution >= 4 is 11.9 Å². The third-order valence-corrected chi connectivity index (χ3v) is 4.70. The van der Waals surface area contributed by atoms with Crippen molar-refractivity contribution in [2.45, 2.75) is 40.3 Å². The van der Waals surface area contributed by atoms with Crippen LogP contribution in [0.2, 0.25) is 0 Å². The van der Waals surface area contributed by atoms with Gasteiger partial charge in [-0.2, -0.15) is 0 Å². The fourth-order valence-electron chi connectivity index (χ4n) is 3.17. The lowest BCUT2D eigenvalue weighted by atomic mass is 10.1. The summed E-state index contributed by atoms with van der Waals surface area (Å²) in [5, 5.41) is 2.75. The maximum Gasteiger partial charge on any atom is 0.339 e. The van der Waals surface area contributed by atoms with Gasteiger partial charge in [0, 0.05) is 6.54 Å². The summed E-state index contributed by atoms with van der Waals surface area (Å²) >= 11 is 0.